The lowest BCUT2D eigenvalue weighted by Gasteiger charge is -2.09. The number of amides is 1. The number of hydrogen-bond donors (Lipinski definition) is 2. The predicted molar refractivity (Wildman–Crippen MR) is 99.2 cm³/mol. The first-order valence-corrected chi connectivity index (χ1v) is 8.51. The number of hydrogen-bond acceptors (Lipinski definition) is 4. The van der Waals surface area contributed by atoms with Crippen molar-refractivity contribution in [2.75, 3.05) is 11.9 Å². The zero-order valence-electron chi connectivity index (χ0n) is 14.7. The van der Waals surface area contributed by atoms with Gasteiger partial charge in [0.1, 0.15) is 5.69 Å². The Labute approximate surface area is 159 Å². The number of halogens is 3. The first-order chi connectivity index (χ1) is 13.4. The number of alkyl halides is 3. The van der Waals surface area contributed by atoms with Gasteiger partial charge in [-0.3, -0.25) is 4.79 Å². The number of benzene rings is 2. The molecule has 0 aliphatic heterocycles. The highest BCUT2D eigenvalue weighted by molar-refractivity contribution is 5.92. The van der Waals surface area contributed by atoms with E-state index < -0.39 is 11.7 Å². The van der Waals surface area contributed by atoms with Crippen LogP contribution in [0.15, 0.2) is 66.9 Å². The summed E-state index contributed by atoms with van der Waals surface area (Å²) in [6, 6.07) is 15.7. The first-order valence-electron chi connectivity index (χ1n) is 8.51. The molecule has 0 saturated carbocycles. The van der Waals surface area contributed by atoms with Crippen LogP contribution in [0.5, 0.6) is 0 Å². The lowest BCUT2D eigenvalue weighted by atomic mass is 10.1. The fourth-order valence-electron chi connectivity index (χ4n) is 2.47. The van der Waals surface area contributed by atoms with Crippen molar-refractivity contribution in [1.29, 1.82) is 0 Å². The maximum absolute atomic E-state index is 12.6. The summed E-state index contributed by atoms with van der Waals surface area (Å²) in [4.78, 5) is 20.3. The van der Waals surface area contributed by atoms with Crippen molar-refractivity contribution < 1.29 is 18.0 Å². The van der Waals surface area contributed by atoms with Gasteiger partial charge in [0.05, 0.1) is 5.56 Å². The lowest BCUT2D eigenvalue weighted by Crippen LogP contribution is -2.26. The Kier molecular flexibility index (Phi) is 5.88. The van der Waals surface area contributed by atoms with E-state index in [2.05, 4.69) is 20.6 Å². The summed E-state index contributed by atoms with van der Waals surface area (Å²) < 4.78 is 37.8. The highest BCUT2D eigenvalue weighted by atomic mass is 19.4. The van der Waals surface area contributed by atoms with E-state index in [1.54, 1.807) is 0 Å². The van der Waals surface area contributed by atoms with Gasteiger partial charge in [-0.2, -0.15) is 13.2 Å². The molecule has 0 bridgehead atoms. The Morgan fingerprint density at radius 1 is 0.964 bits per heavy atom. The zero-order chi connectivity index (χ0) is 20.0. The Hall–Kier alpha value is -3.42. The van der Waals surface area contributed by atoms with Gasteiger partial charge >= 0.3 is 6.18 Å². The SMILES string of the molecule is O=C(NCCc1ccccc1)c1ccnc(Nc2ccc(C(F)(F)F)cc2)n1. The second-order valence-corrected chi connectivity index (χ2v) is 5.96. The molecule has 0 aliphatic carbocycles. The fourth-order valence-corrected chi connectivity index (χ4v) is 2.47. The average molecular weight is 386 g/mol. The van der Waals surface area contributed by atoms with Gasteiger partial charge in [0, 0.05) is 18.4 Å². The summed E-state index contributed by atoms with van der Waals surface area (Å²) in [6.45, 7) is 0.453. The van der Waals surface area contributed by atoms with Gasteiger partial charge in [-0.1, -0.05) is 30.3 Å². The second kappa shape index (κ2) is 8.51. The van der Waals surface area contributed by atoms with E-state index in [0.717, 1.165) is 17.7 Å². The van der Waals surface area contributed by atoms with Gasteiger partial charge in [0.2, 0.25) is 5.95 Å². The molecule has 0 aliphatic rings. The fraction of sp³-hybridized carbons (Fsp3) is 0.150. The molecule has 1 aromatic heterocycles. The van der Waals surface area contributed by atoms with Gasteiger partial charge in [-0.25, -0.2) is 9.97 Å². The molecular formula is C20H17F3N4O. The Balaban J connectivity index is 1.59. The molecule has 3 rings (SSSR count). The predicted octanol–water partition coefficient (Wildman–Crippen LogP) is 4.21. The molecule has 1 heterocycles. The van der Waals surface area contributed by atoms with Crippen molar-refractivity contribution in [3.63, 3.8) is 0 Å². The molecule has 1 amide bonds. The monoisotopic (exact) mass is 386 g/mol. The molecule has 3 aromatic rings. The van der Waals surface area contributed by atoms with Gasteiger partial charge in [0.25, 0.3) is 5.91 Å². The molecule has 5 nitrogen and oxygen atoms in total. The quantitative estimate of drug-likeness (QED) is 0.666. The molecule has 144 valence electrons. The van der Waals surface area contributed by atoms with E-state index in [1.165, 1.54) is 24.4 Å². The highest BCUT2D eigenvalue weighted by Crippen LogP contribution is 2.30. The number of nitrogens with one attached hydrogen (secondary N) is 2. The van der Waals surface area contributed by atoms with Crippen LogP contribution in [0, 0.1) is 0 Å². The van der Waals surface area contributed by atoms with E-state index >= 15 is 0 Å². The summed E-state index contributed by atoms with van der Waals surface area (Å²) in [7, 11) is 0. The molecule has 0 spiro atoms. The molecule has 2 N–H and O–H groups in total. The van der Waals surface area contributed by atoms with Crippen LogP contribution in [-0.2, 0) is 12.6 Å². The Morgan fingerprint density at radius 2 is 1.68 bits per heavy atom. The van der Waals surface area contributed by atoms with Crippen molar-refractivity contribution in [2.24, 2.45) is 0 Å². The third kappa shape index (κ3) is 5.29. The van der Waals surface area contributed by atoms with Crippen LogP contribution in [0.3, 0.4) is 0 Å². The standard InChI is InChI=1S/C20H17F3N4O/c21-20(22,23)15-6-8-16(9-7-15)26-19-25-13-11-17(27-19)18(28)24-12-10-14-4-2-1-3-5-14/h1-9,11,13H,10,12H2,(H,24,28)(H,25,26,27). The average Bonchev–Trinajstić information content (AvgIpc) is 2.69. The number of carbonyl (C=O) groups excluding carboxylic acids is 1. The highest BCUT2D eigenvalue weighted by Gasteiger charge is 2.29. The van der Waals surface area contributed by atoms with Crippen molar-refractivity contribution >= 4 is 17.5 Å². The molecule has 0 fully saturated rings. The number of nitrogens with zero attached hydrogens (tertiary/aromatic N) is 2. The third-order valence-corrected chi connectivity index (χ3v) is 3.90. The summed E-state index contributed by atoms with van der Waals surface area (Å²) >= 11 is 0. The minimum Gasteiger partial charge on any atom is -0.350 e. The molecule has 2 aromatic carbocycles. The minimum absolute atomic E-state index is 0.121. The van der Waals surface area contributed by atoms with Crippen LogP contribution in [-0.4, -0.2) is 22.4 Å². The van der Waals surface area contributed by atoms with Gasteiger partial charge in [-0.15, -0.1) is 0 Å². The molecule has 8 heteroatoms. The van der Waals surface area contributed by atoms with Crippen LogP contribution in [0.4, 0.5) is 24.8 Å². The van der Waals surface area contributed by atoms with Gasteiger partial charge in [-0.05, 0) is 42.3 Å². The van der Waals surface area contributed by atoms with Crippen molar-refractivity contribution in [3.8, 4) is 0 Å². The summed E-state index contributed by atoms with van der Waals surface area (Å²) in [5.41, 5.74) is 0.910. The maximum Gasteiger partial charge on any atom is 0.416 e. The number of rotatable bonds is 6. The molecular weight excluding hydrogens is 369 g/mol. The summed E-state index contributed by atoms with van der Waals surface area (Å²) in [5, 5.41) is 5.57. The molecule has 0 radical (unpaired) electrons. The molecule has 28 heavy (non-hydrogen) atoms. The summed E-state index contributed by atoms with van der Waals surface area (Å²) in [5.74, 6) is -0.232. The van der Waals surface area contributed by atoms with Crippen molar-refractivity contribution in [2.45, 2.75) is 12.6 Å². The van der Waals surface area contributed by atoms with E-state index in [-0.39, 0.29) is 17.5 Å². The van der Waals surface area contributed by atoms with Crippen LogP contribution in [0.25, 0.3) is 0 Å². The van der Waals surface area contributed by atoms with Crippen LogP contribution in [0.1, 0.15) is 21.6 Å². The largest absolute Gasteiger partial charge is 0.416 e. The summed E-state index contributed by atoms with van der Waals surface area (Å²) in [6.07, 6.45) is -2.30. The van der Waals surface area contributed by atoms with Gasteiger partial charge in [0.15, 0.2) is 0 Å². The van der Waals surface area contributed by atoms with E-state index in [1.807, 2.05) is 30.3 Å². The van der Waals surface area contributed by atoms with E-state index in [4.69, 9.17) is 0 Å². The van der Waals surface area contributed by atoms with E-state index in [9.17, 15) is 18.0 Å². The van der Waals surface area contributed by atoms with Crippen molar-refractivity contribution in [3.05, 3.63) is 83.7 Å². The topological polar surface area (TPSA) is 66.9 Å². The third-order valence-electron chi connectivity index (χ3n) is 3.90. The minimum atomic E-state index is -4.40. The molecule has 0 unspecified atom stereocenters. The smallest absolute Gasteiger partial charge is 0.350 e. The zero-order valence-corrected chi connectivity index (χ0v) is 14.7. The van der Waals surface area contributed by atoms with Crippen LogP contribution < -0.4 is 10.6 Å². The molecule has 0 saturated heterocycles. The van der Waals surface area contributed by atoms with E-state index in [0.29, 0.717) is 18.7 Å². The number of carbonyl (C=O) groups is 1. The van der Waals surface area contributed by atoms with Crippen molar-refractivity contribution in [1.82, 2.24) is 15.3 Å². The number of anilines is 2. The van der Waals surface area contributed by atoms with Crippen LogP contribution >= 0.6 is 0 Å². The molecule has 0 atom stereocenters. The first kappa shape index (κ1) is 19.3. The lowest BCUT2D eigenvalue weighted by molar-refractivity contribution is -0.137. The Morgan fingerprint density at radius 3 is 2.36 bits per heavy atom. The van der Waals surface area contributed by atoms with Gasteiger partial charge < -0.3 is 10.6 Å². The maximum atomic E-state index is 12.6. The second-order valence-electron chi connectivity index (χ2n) is 5.96. The Bertz CT molecular complexity index is 928. The normalized spacial score (nSPS) is 11.1. The van der Waals surface area contributed by atoms with Crippen LogP contribution in [0.2, 0.25) is 0 Å². The number of aromatic nitrogens is 2.